The van der Waals surface area contributed by atoms with E-state index in [1.807, 2.05) is 30.3 Å². The zero-order valence-electron chi connectivity index (χ0n) is 8.35. The highest BCUT2D eigenvalue weighted by molar-refractivity contribution is 5.63. The third-order valence-corrected chi connectivity index (χ3v) is 2.30. The number of benzene rings is 2. The van der Waals surface area contributed by atoms with Crippen molar-refractivity contribution < 1.29 is 0 Å². The molecule has 72 valence electrons. The van der Waals surface area contributed by atoms with Crippen LogP contribution in [0.25, 0.3) is 16.0 Å². The minimum absolute atomic E-state index is 0.459. The molecule has 0 N–H and O–H groups in total. The van der Waals surface area contributed by atoms with Gasteiger partial charge in [0, 0.05) is 5.56 Å². The monoisotopic (exact) mass is 193 g/mol. The Balaban J connectivity index is 2.38. The molecule has 0 aliphatic heterocycles. The van der Waals surface area contributed by atoms with Crippen molar-refractivity contribution in [2.24, 2.45) is 0 Å². The summed E-state index contributed by atoms with van der Waals surface area (Å²) < 4.78 is 0. The van der Waals surface area contributed by atoms with Gasteiger partial charge in [-0.05, 0) is 17.2 Å². The maximum absolute atomic E-state index is 6.84. The summed E-state index contributed by atoms with van der Waals surface area (Å²) in [4.78, 5) is 3.39. The number of rotatable bonds is 2. The first-order valence-electron chi connectivity index (χ1n) is 4.88. The molecular formula is C14H11N. The summed E-state index contributed by atoms with van der Waals surface area (Å²) in [6, 6.07) is 18.4. The van der Waals surface area contributed by atoms with Gasteiger partial charge in [0.25, 0.3) is 0 Å². The van der Waals surface area contributed by atoms with E-state index < -0.39 is 0 Å². The van der Waals surface area contributed by atoms with Crippen molar-refractivity contribution in [2.45, 2.75) is 6.54 Å². The molecule has 1 nitrogen and oxygen atoms in total. The van der Waals surface area contributed by atoms with E-state index in [1.54, 1.807) is 0 Å². The zero-order valence-corrected chi connectivity index (χ0v) is 8.35. The van der Waals surface area contributed by atoms with Gasteiger partial charge in [-0.25, -0.2) is 6.57 Å². The summed E-state index contributed by atoms with van der Waals surface area (Å²) in [6.07, 6.45) is 0. The molecule has 0 saturated carbocycles. The molecule has 2 aromatic rings. The summed E-state index contributed by atoms with van der Waals surface area (Å²) in [5.74, 6) is 0. The number of nitrogens with zero attached hydrogens (tertiary/aromatic N) is 1. The fourth-order valence-electron chi connectivity index (χ4n) is 1.57. The third kappa shape index (κ3) is 2.24. The smallest absolute Gasteiger partial charge is 0.239 e. The molecule has 0 bridgehead atoms. The second kappa shape index (κ2) is 4.43. The van der Waals surface area contributed by atoms with E-state index >= 15 is 0 Å². The predicted octanol–water partition coefficient (Wildman–Crippen LogP) is 3.77. The largest absolute Gasteiger partial charge is 0.312 e. The highest BCUT2D eigenvalue weighted by Crippen LogP contribution is 2.20. The summed E-state index contributed by atoms with van der Waals surface area (Å²) in [5.41, 5.74) is 3.45. The maximum Gasteiger partial charge on any atom is 0.239 e. The van der Waals surface area contributed by atoms with Gasteiger partial charge in [0.15, 0.2) is 0 Å². The summed E-state index contributed by atoms with van der Waals surface area (Å²) in [6.45, 7) is 7.30. The summed E-state index contributed by atoms with van der Waals surface area (Å²) >= 11 is 0. The average molecular weight is 193 g/mol. The van der Waals surface area contributed by atoms with Crippen LogP contribution in [0.4, 0.5) is 0 Å². The van der Waals surface area contributed by atoms with Crippen molar-refractivity contribution in [2.75, 3.05) is 0 Å². The van der Waals surface area contributed by atoms with Gasteiger partial charge in [-0.2, -0.15) is 0 Å². The molecule has 2 rings (SSSR count). The van der Waals surface area contributed by atoms with Crippen molar-refractivity contribution in [3.63, 3.8) is 0 Å². The Bertz CT molecular complexity index is 480. The van der Waals surface area contributed by atoms with Crippen LogP contribution in [0.2, 0.25) is 0 Å². The third-order valence-electron chi connectivity index (χ3n) is 2.30. The molecule has 0 saturated heterocycles. The first-order chi connectivity index (χ1) is 7.40. The van der Waals surface area contributed by atoms with Crippen molar-refractivity contribution in [1.29, 1.82) is 0 Å². The predicted molar refractivity (Wildman–Crippen MR) is 62.2 cm³/mol. The Morgan fingerprint density at radius 1 is 0.867 bits per heavy atom. The van der Waals surface area contributed by atoms with E-state index in [1.165, 1.54) is 11.1 Å². The molecule has 0 unspecified atom stereocenters. The molecule has 2 aromatic carbocycles. The summed E-state index contributed by atoms with van der Waals surface area (Å²) in [7, 11) is 0. The molecule has 0 aliphatic rings. The van der Waals surface area contributed by atoms with Crippen LogP contribution in [0.15, 0.2) is 54.6 Å². The van der Waals surface area contributed by atoms with Crippen LogP contribution in [-0.4, -0.2) is 0 Å². The van der Waals surface area contributed by atoms with Crippen LogP contribution >= 0.6 is 0 Å². The van der Waals surface area contributed by atoms with E-state index in [0.29, 0.717) is 6.54 Å². The van der Waals surface area contributed by atoms with Crippen LogP contribution in [-0.2, 0) is 6.54 Å². The number of hydrogen-bond donors (Lipinski definition) is 0. The SMILES string of the molecule is [C-]#[N+]Cc1cccc(-c2ccccc2)c1. The van der Waals surface area contributed by atoms with Crippen LogP contribution < -0.4 is 0 Å². The van der Waals surface area contributed by atoms with E-state index in [4.69, 9.17) is 6.57 Å². The van der Waals surface area contributed by atoms with Gasteiger partial charge in [0.1, 0.15) is 0 Å². The van der Waals surface area contributed by atoms with E-state index in [-0.39, 0.29) is 0 Å². The molecule has 0 amide bonds. The average Bonchev–Trinajstić information content (AvgIpc) is 2.31. The van der Waals surface area contributed by atoms with Gasteiger partial charge in [0.2, 0.25) is 6.54 Å². The lowest BCUT2D eigenvalue weighted by Gasteiger charge is -2.01. The molecule has 0 atom stereocenters. The maximum atomic E-state index is 6.84. The molecule has 0 aliphatic carbocycles. The molecule has 1 heteroatoms. The Morgan fingerprint density at radius 2 is 1.60 bits per heavy atom. The minimum atomic E-state index is 0.459. The number of hydrogen-bond acceptors (Lipinski definition) is 0. The lowest BCUT2D eigenvalue weighted by molar-refractivity contribution is 1.27. The molecule has 0 fully saturated rings. The van der Waals surface area contributed by atoms with Gasteiger partial charge in [-0.1, -0.05) is 48.5 Å². The standard InChI is InChI=1S/C14H11N/c1-15-11-12-6-5-9-14(10-12)13-7-3-2-4-8-13/h2-10H,11H2. The second-order valence-electron chi connectivity index (χ2n) is 3.38. The molecule has 0 spiro atoms. The molecule has 0 heterocycles. The first-order valence-corrected chi connectivity index (χ1v) is 4.88. The Hall–Kier alpha value is -2.07. The lowest BCUT2D eigenvalue weighted by atomic mass is 10.0. The van der Waals surface area contributed by atoms with Crippen molar-refractivity contribution in [3.8, 4) is 11.1 Å². The second-order valence-corrected chi connectivity index (χ2v) is 3.38. The van der Waals surface area contributed by atoms with Crippen molar-refractivity contribution in [3.05, 3.63) is 71.6 Å². The molecule has 15 heavy (non-hydrogen) atoms. The lowest BCUT2D eigenvalue weighted by Crippen LogP contribution is -1.81. The van der Waals surface area contributed by atoms with Gasteiger partial charge in [-0.3, -0.25) is 0 Å². The minimum Gasteiger partial charge on any atom is -0.312 e. The van der Waals surface area contributed by atoms with Gasteiger partial charge < -0.3 is 4.85 Å². The fraction of sp³-hybridized carbons (Fsp3) is 0.0714. The van der Waals surface area contributed by atoms with Crippen LogP contribution in [0.3, 0.4) is 0 Å². The Morgan fingerprint density at radius 3 is 2.33 bits per heavy atom. The normalized spacial score (nSPS) is 9.53. The van der Waals surface area contributed by atoms with Crippen LogP contribution in [0.5, 0.6) is 0 Å². The first kappa shape index (κ1) is 9.48. The molecular weight excluding hydrogens is 182 g/mol. The van der Waals surface area contributed by atoms with E-state index in [0.717, 1.165) is 5.56 Å². The van der Waals surface area contributed by atoms with E-state index in [2.05, 4.69) is 29.1 Å². The summed E-state index contributed by atoms with van der Waals surface area (Å²) in [5, 5.41) is 0. The van der Waals surface area contributed by atoms with Gasteiger partial charge in [0.05, 0.1) is 0 Å². The van der Waals surface area contributed by atoms with Gasteiger partial charge in [-0.15, -0.1) is 0 Å². The Labute approximate surface area is 89.8 Å². The fourth-order valence-corrected chi connectivity index (χ4v) is 1.57. The highest BCUT2D eigenvalue weighted by Gasteiger charge is 1.99. The van der Waals surface area contributed by atoms with Crippen molar-refractivity contribution in [1.82, 2.24) is 0 Å². The highest BCUT2D eigenvalue weighted by atomic mass is 14.6. The quantitative estimate of drug-likeness (QED) is 0.639. The molecule has 0 aromatic heterocycles. The van der Waals surface area contributed by atoms with E-state index in [9.17, 15) is 0 Å². The molecule has 0 radical (unpaired) electrons. The van der Waals surface area contributed by atoms with Crippen LogP contribution in [0, 0.1) is 6.57 Å². The van der Waals surface area contributed by atoms with Gasteiger partial charge >= 0.3 is 0 Å². The topological polar surface area (TPSA) is 4.36 Å². The Kier molecular flexibility index (Phi) is 2.80. The van der Waals surface area contributed by atoms with Crippen LogP contribution in [0.1, 0.15) is 5.56 Å². The zero-order chi connectivity index (χ0) is 10.5. The van der Waals surface area contributed by atoms with Crippen molar-refractivity contribution >= 4 is 0 Å².